The molecule has 3 unspecified atom stereocenters. The zero-order chi connectivity index (χ0) is 44.3. The van der Waals surface area contributed by atoms with Gasteiger partial charge in [0.05, 0.1) is 43.0 Å². The van der Waals surface area contributed by atoms with E-state index in [0.717, 1.165) is 94.3 Å². The maximum Gasteiger partial charge on any atom is 0.407 e. The number of aromatic amines is 1. The largest absolute Gasteiger partial charge is 0.453 e. The topological polar surface area (TPSA) is 175 Å². The summed E-state index contributed by atoms with van der Waals surface area (Å²) in [6, 6.07) is 15.2. The molecule has 1 aromatic heterocycles. The molecule has 0 bridgehead atoms. The molecule has 6 atom stereocenters. The molecule has 330 valence electrons. The molecule has 5 aliphatic rings. The Morgan fingerprint density at radius 2 is 1.40 bits per heavy atom. The Morgan fingerprint density at radius 3 is 2.06 bits per heavy atom. The number of ketones is 1. The van der Waals surface area contributed by atoms with Crippen LogP contribution in [0.1, 0.15) is 101 Å². The van der Waals surface area contributed by atoms with Crippen LogP contribution in [0.3, 0.4) is 0 Å². The lowest BCUT2D eigenvalue weighted by atomic mass is 9.86. The second-order valence-corrected chi connectivity index (χ2v) is 18.6. The number of ether oxygens (including phenoxy) is 2. The highest BCUT2D eigenvalue weighted by atomic mass is 16.5. The zero-order valence-electron chi connectivity index (χ0n) is 37.0. The SMILES string of the molecule is COC(=O)N[C@H](C(=O)N1CCCC1c1nc2ccc(-c3ccc(-c4ccc5c(c4)CC([C@@H]4CCCN4C(=O)[C@@H](NC(=O)OC)C(C)C)=N5)c4c3C3C(=O)CCC3C4)cc2[nH]1)C(C)C. The van der Waals surface area contributed by atoms with Gasteiger partial charge in [0.1, 0.15) is 23.7 Å². The minimum Gasteiger partial charge on any atom is -0.453 e. The van der Waals surface area contributed by atoms with Gasteiger partial charge in [-0.25, -0.2) is 14.6 Å². The highest BCUT2D eigenvalue weighted by Crippen LogP contribution is 2.53. The summed E-state index contributed by atoms with van der Waals surface area (Å²) in [5.41, 5.74) is 11.3. The quantitative estimate of drug-likeness (QED) is 0.147. The Morgan fingerprint density at radius 1 is 0.778 bits per heavy atom. The number of amides is 4. The van der Waals surface area contributed by atoms with Crippen LogP contribution in [0.25, 0.3) is 33.3 Å². The Kier molecular flexibility index (Phi) is 11.3. The van der Waals surface area contributed by atoms with Crippen molar-refractivity contribution in [3.63, 3.8) is 0 Å². The number of hydrogen-bond donors (Lipinski definition) is 3. The molecule has 4 amide bonds. The molecule has 63 heavy (non-hydrogen) atoms. The molecule has 3 fully saturated rings. The normalized spacial score (nSPS) is 22.3. The summed E-state index contributed by atoms with van der Waals surface area (Å²) in [5.74, 6) is 0.635. The average molecular weight is 856 g/mol. The predicted molar refractivity (Wildman–Crippen MR) is 239 cm³/mol. The van der Waals surface area contributed by atoms with Gasteiger partial charge < -0.3 is 34.9 Å². The van der Waals surface area contributed by atoms with E-state index in [4.69, 9.17) is 19.5 Å². The summed E-state index contributed by atoms with van der Waals surface area (Å²) in [6.45, 7) is 8.83. The number of benzene rings is 3. The molecule has 4 aromatic rings. The smallest absolute Gasteiger partial charge is 0.407 e. The molecule has 2 saturated heterocycles. The number of fused-ring (bicyclic) bond motifs is 5. The monoisotopic (exact) mass is 855 g/mol. The van der Waals surface area contributed by atoms with E-state index in [1.54, 1.807) is 0 Å². The minimum atomic E-state index is -0.717. The third kappa shape index (κ3) is 7.64. The molecule has 14 nitrogen and oxygen atoms in total. The third-order valence-corrected chi connectivity index (χ3v) is 14.1. The number of hydrogen-bond acceptors (Lipinski definition) is 9. The lowest BCUT2D eigenvalue weighted by Gasteiger charge is -2.30. The number of aromatic nitrogens is 2. The van der Waals surface area contributed by atoms with Gasteiger partial charge in [-0.1, -0.05) is 52.0 Å². The molecular weight excluding hydrogens is 799 g/mol. The van der Waals surface area contributed by atoms with Crippen LogP contribution in [0.2, 0.25) is 0 Å². The number of nitrogens with zero attached hydrogens (tertiary/aromatic N) is 4. The van der Waals surface area contributed by atoms with Gasteiger partial charge >= 0.3 is 12.2 Å². The Hall–Kier alpha value is -6.05. The van der Waals surface area contributed by atoms with Crippen molar-refractivity contribution in [2.45, 2.75) is 109 Å². The van der Waals surface area contributed by atoms with Crippen molar-refractivity contribution in [1.29, 1.82) is 0 Å². The van der Waals surface area contributed by atoms with Gasteiger partial charge in [-0.3, -0.25) is 19.4 Å². The summed E-state index contributed by atoms with van der Waals surface area (Å²) in [6.07, 6.45) is 4.97. The summed E-state index contributed by atoms with van der Waals surface area (Å²) in [7, 11) is 2.59. The van der Waals surface area contributed by atoms with E-state index in [2.05, 4.69) is 58.1 Å². The number of aliphatic imine (C=N–C) groups is 1. The van der Waals surface area contributed by atoms with Gasteiger partial charge in [-0.05, 0) is 119 Å². The van der Waals surface area contributed by atoms with Crippen LogP contribution < -0.4 is 10.6 Å². The third-order valence-electron chi connectivity index (χ3n) is 14.1. The van der Waals surface area contributed by atoms with Crippen LogP contribution in [-0.2, 0) is 36.7 Å². The summed E-state index contributed by atoms with van der Waals surface area (Å²) < 4.78 is 9.63. The lowest BCUT2D eigenvalue weighted by Crippen LogP contribution is -2.53. The molecule has 3 aromatic carbocycles. The minimum absolute atomic E-state index is 0.109. The second-order valence-electron chi connectivity index (χ2n) is 18.6. The maximum atomic E-state index is 13.8. The predicted octanol–water partition coefficient (Wildman–Crippen LogP) is 7.56. The number of alkyl carbamates (subject to hydrolysis) is 2. The van der Waals surface area contributed by atoms with Gasteiger partial charge in [0.25, 0.3) is 0 Å². The van der Waals surface area contributed by atoms with Gasteiger partial charge in [0, 0.05) is 37.6 Å². The maximum absolute atomic E-state index is 13.8. The summed E-state index contributed by atoms with van der Waals surface area (Å²) in [4.78, 5) is 82.8. The number of H-pyrrole nitrogens is 1. The van der Waals surface area contributed by atoms with Crippen molar-refractivity contribution in [2.24, 2.45) is 22.7 Å². The van der Waals surface area contributed by atoms with Gasteiger partial charge in [-0.2, -0.15) is 0 Å². The fraction of sp³-hybridized carbons (Fsp3) is 0.490. The molecule has 9 rings (SSSR count). The van der Waals surface area contributed by atoms with E-state index in [1.165, 1.54) is 19.8 Å². The number of carbonyl (C=O) groups excluding carboxylic acids is 5. The summed E-state index contributed by atoms with van der Waals surface area (Å²) >= 11 is 0. The Balaban J connectivity index is 0.989. The number of likely N-dealkylation sites (tertiary alicyclic amines) is 2. The van der Waals surface area contributed by atoms with E-state index >= 15 is 0 Å². The second kappa shape index (κ2) is 16.9. The molecule has 14 heteroatoms. The number of methoxy groups -OCH3 is 2. The number of Topliss-reactive ketones (excluding diaryl/α,β-unsaturated/α-hetero) is 1. The van der Waals surface area contributed by atoms with Crippen molar-refractivity contribution in [3.05, 3.63) is 71.0 Å². The van der Waals surface area contributed by atoms with E-state index < -0.39 is 24.3 Å². The van der Waals surface area contributed by atoms with Crippen molar-refractivity contribution in [1.82, 2.24) is 30.4 Å². The standard InChI is InChI=1S/C49H57N7O7/c1-25(2)43(53-48(60)62-5)46(58)55-19-7-9-38(55)37-24-30-21-27(11-16-34(30)50-37)31-14-15-32(42-33(31)22-29-13-18-40(57)41(29)42)28-12-17-35-36(23-28)52-45(51-35)39-10-8-20-56(39)47(59)44(26(3)4)54-49(61)63-6/h11-12,14-17,21,23,25-26,29,38-39,41,43-44H,7-10,13,18-20,22,24H2,1-6H3,(H,51,52)(H,53,60)(H,54,61)/t29?,38-,39?,41?,43-,44-/m0/s1. The number of rotatable bonds is 10. The molecule has 3 aliphatic heterocycles. The van der Waals surface area contributed by atoms with Gasteiger partial charge in [0.15, 0.2) is 0 Å². The van der Waals surface area contributed by atoms with Crippen molar-refractivity contribution >= 4 is 52.2 Å². The fourth-order valence-electron chi connectivity index (χ4n) is 10.9. The van der Waals surface area contributed by atoms with Crippen LogP contribution in [0.5, 0.6) is 0 Å². The van der Waals surface area contributed by atoms with Crippen molar-refractivity contribution in [3.8, 4) is 22.3 Å². The average Bonchev–Trinajstić information content (AvgIpc) is 4.14. The fourth-order valence-corrected chi connectivity index (χ4v) is 10.9. The van der Waals surface area contributed by atoms with E-state index in [1.807, 2.05) is 43.6 Å². The Bertz CT molecular complexity index is 2540. The van der Waals surface area contributed by atoms with E-state index in [9.17, 15) is 24.0 Å². The van der Waals surface area contributed by atoms with Gasteiger partial charge in [-0.15, -0.1) is 0 Å². The molecule has 0 radical (unpaired) electrons. The number of carbonyl (C=O) groups is 5. The van der Waals surface area contributed by atoms with Gasteiger partial charge in [0.2, 0.25) is 11.8 Å². The molecule has 1 saturated carbocycles. The van der Waals surface area contributed by atoms with Crippen LogP contribution in [0.15, 0.2) is 53.5 Å². The summed E-state index contributed by atoms with van der Waals surface area (Å²) in [5, 5.41) is 5.47. The van der Waals surface area contributed by atoms with E-state index in [0.29, 0.717) is 37.5 Å². The zero-order valence-corrected chi connectivity index (χ0v) is 37.0. The number of imidazole rings is 1. The van der Waals surface area contributed by atoms with Crippen molar-refractivity contribution < 1.29 is 33.4 Å². The lowest BCUT2D eigenvalue weighted by molar-refractivity contribution is -0.135. The molecule has 3 N–H and O–H groups in total. The van der Waals surface area contributed by atoms with Crippen LogP contribution in [0, 0.1) is 17.8 Å². The first kappa shape index (κ1) is 42.3. The number of nitrogens with one attached hydrogen (secondary N) is 3. The van der Waals surface area contributed by atoms with Crippen molar-refractivity contribution in [2.75, 3.05) is 27.3 Å². The molecule has 2 aliphatic carbocycles. The van der Waals surface area contributed by atoms with Crippen LogP contribution >= 0.6 is 0 Å². The van der Waals surface area contributed by atoms with Crippen LogP contribution in [-0.4, -0.2) is 101 Å². The molecule has 4 heterocycles. The van der Waals surface area contributed by atoms with Crippen LogP contribution in [0.4, 0.5) is 15.3 Å². The first-order chi connectivity index (χ1) is 30.3. The first-order valence-corrected chi connectivity index (χ1v) is 22.5. The Labute approximate surface area is 367 Å². The molecule has 0 spiro atoms. The van der Waals surface area contributed by atoms with E-state index in [-0.39, 0.29) is 47.6 Å². The molecular formula is C49H57N7O7. The highest BCUT2D eigenvalue weighted by Gasteiger charge is 2.45. The highest BCUT2D eigenvalue weighted by molar-refractivity contribution is 6.02. The first-order valence-electron chi connectivity index (χ1n) is 22.5.